The molecule has 2 fully saturated rings. The molecular formula is C17H25IN4O4. The Morgan fingerprint density at radius 2 is 2.12 bits per heavy atom. The van der Waals surface area contributed by atoms with E-state index < -0.39 is 12.1 Å². The molecule has 0 unspecified atom stereocenters. The van der Waals surface area contributed by atoms with Crippen LogP contribution in [0.3, 0.4) is 0 Å². The second kappa shape index (κ2) is 8.55. The summed E-state index contributed by atoms with van der Waals surface area (Å²) in [5, 5.41) is 2.77. The van der Waals surface area contributed by atoms with E-state index in [9.17, 15) is 9.59 Å². The number of methoxy groups -OCH3 is 1. The van der Waals surface area contributed by atoms with Crippen LogP contribution in [0.1, 0.15) is 44.5 Å². The minimum Gasteiger partial charge on any atom is -0.453 e. The first-order chi connectivity index (χ1) is 12.5. The van der Waals surface area contributed by atoms with Gasteiger partial charge in [0.25, 0.3) is 0 Å². The van der Waals surface area contributed by atoms with E-state index in [1.807, 2.05) is 11.8 Å². The monoisotopic (exact) mass is 476 g/mol. The lowest BCUT2D eigenvalue weighted by Gasteiger charge is -2.36. The highest BCUT2D eigenvalue weighted by atomic mass is 127. The normalized spacial score (nSPS) is 25.1. The van der Waals surface area contributed by atoms with Gasteiger partial charge in [0.05, 0.1) is 23.0 Å². The topological polar surface area (TPSA) is 96.5 Å². The summed E-state index contributed by atoms with van der Waals surface area (Å²) in [6.45, 7) is 3.25. The van der Waals surface area contributed by atoms with Crippen molar-refractivity contribution in [3.63, 3.8) is 0 Å². The Balaban J connectivity index is 1.84. The van der Waals surface area contributed by atoms with Crippen LogP contribution in [0.15, 0.2) is 6.20 Å². The molecule has 9 heteroatoms. The molecule has 0 bridgehead atoms. The molecule has 2 N–H and O–H groups in total. The highest BCUT2D eigenvalue weighted by Gasteiger charge is 2.42. The summed E-state index contributed by atoms with van der Waals surface area (Å²) in [7, 11) is 1.31. The van der Waals surface area contributed by atoms with Crippen molar-refractivity contribution in [3.8, 4) is 0 Å². The first-order valence-electron chi connectivity index (χ1n) is 8.96. The number of aromatic nitrogens is 2. The summed E-state index contributed by atoms with van der Waals surface area (Å²) in [4.78, 5) is 34.9. The fourth-order valence-electron chi connectivity index (χ4n) is 3.88. The molecule has 1 aromatic heterocycles. The Labute approximate surface area is 166 Å². The molecule has 2 aliphatic heterocycles. The second-order valence-corrected chi connectivity index (χ2v) is 8.03. The van der Waals surface area contributed by atoms with Crippen molar-refractivity contribution in [2.24, 2.45) is 5.92 Å². The minimum absolute atomic E-state index is 0.0422. The van der Waals surface area contributed by atoms with Crippen molar-refractivity contribution < 1.29 is 19.1 Å². The molecule has 0 saturated carbocycles. The van der Waals surface area contributed by atoms with Gasteiger partial charge in [-0.2, -0.15) is 0 Å². The van der Waals surface area contributed by atoms with Gasteiger partial charge in [-0.25, -0.2) is 9.78 Å². The zero-order valence-corrected chi connectivity index (χ0v) is 17.2. The van der Waals surface area contributed by atoms with Crippen LogP contribution >= 0.6 is 22.6 Å². The highest BCUT2D eigenvalue weighted by molar-refractivity contribution is 14.1. The molecule has 0 aliphatic carbocycles. The van der Waals surface area contributed by atoms with Crippen molar-refractivity contribution >= 4 is 34.6 Å². The van der Waals surface area contributed by atoms with Gasteiger partial charge in [-0.05, 0) is 61.1 Å². The zero-order chi connectivity index (χ0) is 18.7. The summed E-state index contributed by atoms with van der Waals surface area (Å²) in [6, 6.07) is -0.608. The van der Waals surface area contributed by atoms with Gasteiger partial charge in [-0.15, -0.1) is 0 Å². The van der Waals surface area contributed by atoms with Gasteiger partial charge in [0.15, 0.2) is 0 Å². The summed E-state index contributed by atoms with van der Waals surface area (Å²) in [6.07, 6.45) is 4.44. The molecule has 144 valence electrons. The number of H-pyrrole nitrogens is 1. The standard InChI is InChI=1S/C17H25IN4O4/c1-10-3-4-12(15-19-9-13(18)20-15)22(10)16(23)14(21-17(24)25-2)11-5-7-26-8-6-11/h9-12,14H,3-8H2,1-2H3,(H,19,20)(H,21,24)/t10-,12+,14+/m1/s1. The Bertz CT molecular complexity index is 646. The predicted octanol–water partition coefficient (Wildman–Crippen LogP) is 2.22. The third-order valence-electron chi connectivity index (χ3n) is 5.27. The van der Waals surface area contributed by atoms with E-state index in [0.717, 1.165) is 35.2 Å². The highest BCUT2D eigenvalue weighted by Crippen LogP contribution is 2.36. The molecule has 2 amide bonds. The smallest absolute Gasteiger partial charge is 0.407 e. The molecule has 8 nitrogen and oxygen atoms in total. The number of rotatable bonds is 4. The molecule has 0 aromatic carbocycles. The number of hydrogen-bond acceptors (Lipinski definition) is 5. The number of ether oxygens (including phenoxy) is 2. The van der Waals surface area contributed by atoms with Gasteiger partial charge in [-0.3, -0.25) is 4.79 Å². The summed E-state index contributed by atoms with van der Waals surface area (Å²) < 4.78 is 11.1. The molecule has 3 rings (SSSR count). The van der Waals surface area contributed by atoms with Crippen molar-refractivity contribution in [2.75, 3.05) is 20.3 Å². The molecule has 3 atom stereocenters. The van der Waals surface area contributed by atoms with Gasteiger partial charge in [0.2, 0.25) is 5.91 Å². The Morgan fingerprint density at radius 3 is 2.73 bits per heavy atom. The van der Waals surface area contributed by atoms with Gasteiger partial charge in [0.1, 0.15) is 11.9 Å². The lowest BCUT2D eigenvalue weighted by atomic mass is 9.90. The van der Waals surface area contributed by atoms with Crippen LogP contribution < -0.4 is 5.32 Å². The number of halogens is 1. The lowest BCUT2D eigenvalue weighted by molar-refractivity contribution is -0.138. The number of aromatic amines is 1. The first kappa shape index (κ1) is 19.4. The number of nitrogens with one attached hydrogen (secondary N) is 2. The van der Waals surface area contributed by atoms with Gasteiger partial charge in [-0.1, -0.05) is 0 Å². The third kappa shape index (κ3) is 4.13. The van der Waals surface area contributed by atoms with Crippen LogP contribution in [0.4, 0.5) is 4.79 Å². The quantitative estimate of drug-likeness (QED) is 0.650. The summed E-state index contributed by atoms with van der Waals surface area (Å²) in [5.74, 6) is 0.778. The molecule has 3 heterocycles. The second-order valence-electron chi connectivity index (χ2n) is 6.87. The number of likely N-dealkylation sites (tertiary alicyclic amines) is 1. The Morgan fingerprint density at radius 1 is 1.38 bits per heavy atom. The molecule has 2 aliphatic rings. The number of amides is 2. The summed E-state index contributed by atoms with van der Waals surface area (Å²) in [5.41, 5.74) is 0. The van der Waals surface area contributed by atoms with Crippen LogP contribution in [0.2, 0.25) is 0 Å². The molecule has 26 heavy (non-hydrogen) atoms. The van der Waals surface area contributed by atoms with Gasteiger partial charge in [0, 0.05) is 19.3 Å². The maximum Gasteiger partial charge on any atom is 0.407 e. The number of imidazole rings is 1. The number of alkyl carbamates (subject to hydrolysis) is 1. The van der Waals surface area contributed by atoms with E-state index in [1.165, 1.54) is 7.11 Å². The van der Waals surface area contributed by atoms with E-state index in [2.05, 4.69) is 37.9 Å². The van der Waals surface area contributed by atoms with E-state index in [4.69, 9.17) is 9.47 Å². The average Bonchev–Trinajstić information content (AvgIpc) is 3.25. The average molecular weight is 476 g/mol. The fraction of sp³-hybridized carbons (Fsp3) is 0.706. The van der Waals surface area contributed by atoms with Crippen LogP contribution in [-0.2, 0) is 14.3 Å². The van der Waals surface area contributed by atoms with Crippen LogP contribution in [-0.4, -0.2) is 59.3 Å². The Kier molecular flexibility index (Phi) is 6.38. The third-order valence-corrected chi connectivity index (χ3v) is 5.81. The van der Waals surface area contributed by atoms with Crippen LogP contribution in [0.5, 0.6) is 0 Å². The number of carbonyl (C=O) groups is 2. The molecule has 1 aromatic rings. The van der Waals surface area contributed by atoms with Crippen molar-refractivity contribution in [1.82, 2.24) is 20.2 Å². The van der Waals surface area contributed by atoms with Crippen molar-refractivity contribution in [2.45, 2.75) is 50.7 Å². The van der Waals surface area contributed by atoms with E-state index in [-0.39, 0.29) is 23.9 Å². The molecule has 2 saturated heterocycles. The first-order valence-corrected chi connectivity index (χ1v) is 10.0. The minimum atomic E-state index is -0.608. The van der Waals surface area contributed by atoms with Crippen molar-refractivity contribution in [3.05, 3.63) is 15.7 Å². The van der Waals surface area contributed by atoms with Crippen molar-refractivity contribution in [1.29, 1.82) is 0 Å². The maximum atomic E-state index is 13.5. The zero-order valence-electron chi connectivity index (χ0n) is 15.0. The SMILES string of the molecule is COC(=O)N[C@H](C(=O)N1[C@H](C)CC[C@H]1c1ncc(I)[nH]1)C1CCOCC1. The van der Waals surface area contributed by atoms with Gasteiger partial charge < -0.3 is 24.7 Å². The number of hydrogen-bond donors (Lipinski definition) is 2. The van der Waals surface area contributed by atoms with Crippen LogP contribution in [0.25, 0.3) is 0 Å². The Hall–Kier alpha value is -1.36. The molecule has 0 spiro atoms. The predicted molar refractivity (Wildman–Crippen MR) is 102 cm³/mol. The van der Waals surface area contributed by atoms with Gasteiger partial charge >= 0.3 is 6.09 Å². The van der Waals surface area contributed by atoms with Crippen LogP contribution in [0, 0.1) is 9.62 Å². The van der Waals surface area contributed by atoms with E-state index in [0.29, 0.717) is 13.2 Å². The molecule has 0 radical (unpaired) electrons. The molecular weight excluding hydrogens is 451 g/mol. The fourth-order valence-corrected chi connectivity index (χ4v) is 4.30. The lowest BCUT2D eigenvalue weighted by Crippen LogP contribution is -2.54. The largest absolute Gasteiger partial charge is 0.453 e. The van der Waals surface area contributed by atoms with E-state index in [1.54, 1.807) is 6.20 Å². The summed E-state index contributed by atoms with van der Waals surface area (Å²) >= 11 is 2.18. The number of carbonyl (C=O) groups excluding carboxylic acids is 2. The maximum absolute atomic E-state index is 13.5. The number of nitrogens with zero attached hydrogens (tertiary/aromatic N) is 2. The van der Waals surface area contributed by atoms with E-state index >= 15 is 0 Å².